The summed E-state index contributed by atoms with van der Waals surface area (Å²) < 4.78 is 11.4. The number of nitrogens with one attached hydrogen (secondary N) is 2. The summed E-state index contributed by atoms with van der Waals surface area (Å²) in [5, 5.41) is 5.68. The van der Waals surface area contributed by atoms with Gasteiger partial charge in [0.1, 0.15) is 12.4 Å². The average Bonchev–Trinajstić information content (AvgIpc) is 3.08. The zero-order valence-electron chi connectivity index (χ0n) is 13.6. The molecule has 3 rings (SSSR count). The second-order valence-electron chi connectivity index (χ2n) is 5.31. The first-order valence-corrected chi connectivity index (χ1v) is 8.95. The molecule has 1 heterocycles. The van der Waals surface area contributed by atoms with E-state index in [1.165, 1.54) is 0 Å². The van der Waals surface area contributed by atoms with Crippen LogP contribution in [0.5, 0.6) is 5.75 Å². The summed E-state index contributed by atoms with van der Waals surface area (Å²) in [5.41, 5.74) is 1.79. The number of carbonyl (C=O) groups is 1. The van der Waals surface area contributed by atoms with Crippen molar-refractivity contribution in [3.05, 3.63) is 82.7 Å². The predicted molar refractivity (Wildman–Crippen MR) is 107 cm³/mol. The molecule has 0 aliphatic carbocycles. The number of furan rings is 1. The van der Waals surface area contributed by atoms with Gasteiger partial charge in [-0.25, -0.2) is 0 Å². The van der Waals surface area contributed by atoms with Gasteiger partial charge in [0.05, 0.1) is 0 Å². The van der Waals surface area contributed by atoms with Crippen molar-refractivity contribution in [3.63, 3.8) is 0 Å². The first kappa shape index (κ1) is 18.2. The molecule has 0 fully saturated rings. The van der Waals surface area contributed by atoms with Gasteiger partial charge >= 0.3 is 0 Å². The van der Waals surface area contributed by atoms with E-state index in [0.717, 1.165) is 5.56 Å². The van der Waals surface area contributed by atoms with Crippen molar-refractivity contribution in [1.82, 2.24) is 5.32 Å². The Balaban J connectivity index is 1.56. The molecule has 0 unspecified atom stereocenters. The Kier molecular flexibility index (Phi) is 6.04. The number of thiocarbonyl (C=S) groups is 1. The summed E-state index contributed by atoms with van der Waals surface area (Å²) in [6.07, 6.45) is 0. The van der Waals surface area contributed by atoms with Gasteiger partial charge in [-0.1, -0.05) is 36.4 Å². The number of anilines is 1. The van der Waals surface area contributed by atoms with Crippen LogP contribution in [0, 0.1) is 0 Å². The summed E-state index contributed by atoms with van der Waals surface area (Å²) >= 11 is 8.32. The van der Waals surface area contributed by atoms with E-state index in [0.29, 0.717) is 22.7 Å². The van der Waals surface area contributed by atoms with E-state index in [1.807, 2.05) is 54.6 Å². The quantitative estimate of drug-likeness (QED) is 0.571. The lowest BCUT2D eigenvalue weighted by molar-refractivity contribution is 0.0949. The minimum Gasteiger partial charge on any atom is -0.489 e. The van der Waals surface area contributed by atoms with Gasteiger partial charge in [0.2, 0.25) is 0 Å². The molecule has 1 amide bonds. The maximum absolute atomic E-state index is 12.0. The van der Waals surface area contributed by atoms with Crippen molar-refractivity contribution in [3.8, 4) is 5.75 Å². The third kappa shape index (κ3) is 5.18. The highest BCUT2D eigenvalue weighted by Crippen LogP contribution is 2.19. The molecule has 5 nitrogen and oxygen atoms in total. The Morgan fingerprint density at radius 3 is 2.62 bits per heavy atom. The molecule has 26 heavy (non-hydrogen) atoms. The van der Waals surface area contributed by atoms with Crippen molar-refractivity contribution in [2.45, 2.75) is 6.61 Å². The normalized spacial score (nSPS) is 10.2. The van der Waals surface area contributed by atoms with Crippen LogP contribution >= 0.6 is 28.1 Å². The number of hydrogen-bond donors (Lipinski definition) is 2. The highest BCUT2D eigenvalue weighted by atomic mass is 79.9. The minimum absolute atomic E-state index is 0.168. The van der Waals surface area contributed by atoms with E-state index < -0.39 is 5.91 Å². The molecule has 0 aliphatic rings. The number of amides is 1. The topological polar surface area (TPSA) is 63.5 Å². The molecule has 0 bridgehead atoms. The summed E-state index contributed by atoms with van der Waals surface area (Å²) in [5.74, 6) is 0.439. The molecule has 2 N–H and O–H groups in total. The lowest BCUT2D eigenvalue weighted by Crippen LogP contribution is -2.33. The molecule has 0 atom stereocenters. The lowest BCUT2D eigenvalue weighted by Gasteiger charge is -2.11. The third-order valence-corrected chi connectivity index (χ3v) is 3.99. The first-order chi connectivity index (χ1) is 12.6. The molecular formula is C19H15BrN2O3S. The van der Waals surface area contributed by atoms with Crippen LogP contribution in [0.4, 0.5) is 5.69 Å². The molecule has 0 aliphatic heterocycles. The van der Waals surface area contributed by atoms with E-state index in [4.69, 9.17) is 21.4 Å². The van der Waals surface area contributed by atoms with Gasteiger partial charge in [0.15, 0.2) is 15.5 Å². The lowest BCUT2D eigenvalue weighted by atomic mass is 10.2. The Morgan fingerprint density at radius 1 is 1.08 bits per heavy atom. The molecule has 0 saturated carbocycles. The SMILES string of the molecule is O=C(NC(=S)Nc1cccc(OCc2ccccc2)c1)c1ccc(Br)o1. The zero-order chi connectivity index (χ0) is 18.4. The molecule has 0 spiro atoms. The van der Waals surface area contributed by atoms with Crippen molar-refractivity contribution >= 4 is 44.9 Å². The molecule has 1 aromatic heterocycles. The molecule has 7 heteroatoms. The molecule has 0 radical (unpaired) electrons. The van der Waals surface area contributed by atoms with E-state index in [1.54, 1.807) is 12.1 Å². The van der Waals surface area contributed by atoms with Crippen LogP contribution in [-0.4, -0.2) is 11.0 Å². The number of benzene rings is 2. The maximum atomic E-state index is 12.0. The number of ether oxygens (including phenoxy) is 1. The van der Waals surface area contributed by atoms with E-state index >= 15 is 0 Å². The van der Waals surface area contributed by atoms with Crippen LogP contribution < -0.4 is 15.4 Å². The van der Waals surface area contributed by atoms with Crippen molar-refractivity contribution in [1.29, 1.82) is 0 Å². The smallest absolute Gasteiger partial charge is 0.293 e. The fraction of sp³-hybridized carbons (Fsp3) is 0.0526. The fourth-order valence-electron chi connectivity index (χ4n) is 2.17. The van der Waals surface area contributed by atoms with Crippen LogP contribution in [0.15, 0.2) is 75.8 Å². The van der Waals surface area contributed by atoms with E-state index in [-0.39, 0.29) is 10.9 Å². The third-order valence-electron chi connectivity index (χ3n) is 3.36. The highest BCUT2D eigenvalue weighted by molar-refractivity contribution is 9.10. The van der Waals surface area contributed by atoms with Gasteiger partial charge < -0.3 is 14.5 Å². The van der Waals surface area contributed by atoms with Gasteiger partial charge in [0.25, 0.3) is 5.91 Å². The van der Waals surface area contributed by atoms with Gasteiger partial charge in [-0.15, -0.1) is 0 Å². The van der Waals surface area contributed by atoms with Crippen LogP contribution in [0.1, 0.15) is 16.1 Å². The standard InChI is InChI=1S/C19H15BrN2O3S/c20-17-10-9-16(25-17)18(23)22-19(26)21-14-7-4-8-15(11-14)24-12-13-5-2-1-3-6-13/h1-11H,12H2,(H2,21,22,23,26). The number of rotatable bonds is 5. The predicted octanol–water partition coefficient (Wildman–Crippen LogP) is 4.75. The first-order valence-electron chi connectivity index (χ1n) is 7.74. The largest absolute Gasteiger partial charge is 0.489 e. The van der Waals surface area contributed by atoms with Crippen LogP contribution in [0.3, 0.4) is 0 Å². The van der Waals surface area contributed by atoms with Crippen molar-refractivity contribution in [2.24, 2.45) is 0 Å². The van der Waals surface area contributed by atoms with Gasteiger partial charge in [-0.3, -0.25) is 10.1 Å². The molecule has 0 saturated heterocycles. The zero-order valence-corrected chi connectivity index (χ0v) is 16.0. The maximum Gasteiger partial charge on any atom is 0.293 e. The Morgan fingerprint density at radius 2 is 1.88 bits per heavy atom. The van der Waals surface area contributed by atoms with Crippen molar-refractivity contribution < 1.29 is 13.9 Å². The summed E-state index contributed by atoms with van der Waals surface area (Å²) in [7, 11) is 0. The van der Waals surface area contributed by atoms with Crippen LogP contribution in [-0.2, 0) is 6.61 Å². The van der Waals surface area contributed by atoms with Gasteiger partial charge in [0, 0.05) is 11.8 Å². The Bertz CT molecular complexity index is 912. The number of halogens is 1. The number of carbonyl (C=O) groups excluding carboxylic acids is 1. The van der Waals surface area contributed by atoms with Crippen molar-refractivity contribution in [2.75, 3.05) is 5.32 Å². The molecule has 132 valence electrons. The minimum atomic E-state index is -0.426. The van der Waals surface area contributed by atoms with Crippen LogP contribution in [0.25, 0.3) is 0 Å². The fourth-order valence-corrected chi connectivity index (χ4v) is 2.69. The second kappa shape index (κ2) is 8.64. The molecule has 2 aromatic carbocycles. The summed E-state index contributed by atoms with van der Waals surface area (Å²) in [6.45, 7) is 0.471. The monoisotopic (exact) mass is 430 g/mol. The van der Waals surface area contributed by atoms with E-state index in [2.05, 4.69) is 26.6 Å². The Labute approximate surface area is 164 Å². The highest BCUT2D eigenvalue weighted by Gasteiger charge is 2.12. The van der Waals surface area contributed by atoms with E-state index in [9.17, 15) is 4.79 Å². The summed E-state index contributed by atoms with van der Waals surface area (Å²) in [4.78, 5) is 12.0. The van der Waals surface area contributed by atoms with Gasteiger partial charge in [-0.05, 0) is 58.0 Å². The van der Waals surface area contributed by atoms with Gasteiger partial charge in [-0.2, -0.15) is 0 Å². The van der Waals surface area contributed by atoms with Crippen LogP contribution in [0.2, 0.25) is 0 Å². The molecular weight excluding hydrogens is 416 g/mol. The number of hydrogen-bond acceptors (Lipinski definition) is 4. The average molecular weight is 431 g/mol. The second-order valence-corrected chi connectivity index (χ2v) is 6.50. The summed E-state index contributed by atoms with van der Waals surface area (Å²) in [6, 6.07) is 20.4. The Hall–Kier alpha value is -2.64. The molecule has 3 aromatic rings.